The van der Waals surface area contributed by atoms with Gasteiger partial charge in [-0.1, -0.05) is 24.3 Å². The number of amides is 1. The molecule has 0 aromatic heterocycles. The Morgan fingerprint density at radius 2 is 1.86 bits per heavy atom. The Kier molecular flexibility index (Phi) is 4.57. The quantitative estimate of drug-likeness (QED) is 0.935. The fourth-order valence-electron chi connectivity index (χ4n) is 2.03. The van der Waals surface area contributed by atoms with Crippen molar-refractivity contribution in [2.75, 3.05) is 11.9 Å². The lowest BCUT2D eigenvalue weighted by atomic mass is 10.1. The molecule has 0 spiro atoms. The van der Waals surface area contributed by atoms with Crippen LogP contribution in [0.15, 0.2) is 42.5 Å². The number of rotatable bonds is 4. The number of benzene rings is 2. The summed E-state index contributed by atoms with van der Waals surface area (Å²) in [5.74, 6) is 0.478. The van der Waals surface area contributed by atoms with Crippen LogP contribution in [0.25, 0.3) is 0 Å². The van der Waals surface area contributed by atoms with Gasteiger partial charge < -0.3 is 10.1 Å². The van der Waals surface area contributed by atoms with Gasteiger partial charge in [0, 0.05) is 5.69 Å². The van der Waals surface area contributed by atoms with Gasteiger partial charge in [0.1, 0.15) is 5.75 Å². The topological polar surface area (TPSA) is 62.1 Å². The predicted octanol–water partition coefficient (Wildman–Crippen LogP) is 3.19. The number of ether oxygens (including phenoxy) is 1. The molecule has 0 aliphatic heterocycles. The fraction of sp³-hybridized carbons (Fsp3) is 0.176. The van der Waals surface area contributed by atoms with E-state index in [0.29, 0.717) is 11.3 Å². The fourth-order valence-corrected chi connectivity index (χ4v) is 2.03. The smallest absolute Gasteiger partial charge is 0.262 e. The Morgan fingerprint density at radius 3 is 2.52 bits per heavy atom. The number of hydrogen-bond donors (Lipinski definition) is 1. The zero-order valence-electron chi connectivity index (χ0n) is 12.0. The Balaban J connectivity index is 1.98. The molecule has 106 valence electrons. The monoisotopic (exact) mass is 280 g/mol. The number of nitriles is 1. The zero-order chi connectivity index (χ0) is 15.2. The van der Waals surface area contributed by atoms with Gasteiger partial charge in [0.25, 0.3) is 5.91 Å². The van der Waals surface area contributed by atoms with Crippen molar-refractivity contribution in [3.05, 3.63) is 59.2 Å². The van der Waals surface area contributed by atoms with Gasteiger partial charge in [-0.05, 0) is 43.2 Å². The molecule has 0 radical (unpaired) electrons. The molecule has 4 nitrogen and oxygen atoms in total. The van der Waals surface area contributed by atoms with Gasteiger partial charge in [0.15, 0.2) is 6.61 Å². The standard InChI is InChI=1S/C17H16N2O2/c1-12-5-3-6-13(2)17(12)21-11-16(20)19-15-8-4-7-14(9-15)10-18/h3-9H,11H2,1-2H3,(H,19,20). The van der Waals surface area contributed by atoms with Crippen LogP contribution in [-0.4, -0.2) is 12.5 Å². The predicted molar refractivity (Wildman–Crippen MR) is 81.2 cm³/mol. The largest absolute Gasteiger partial charge is 0.483 e. The van der Waals surface area contributed by atoms with E-state index in [1.165, 1.54) is 0 Å². The molecule has 2 aromatic rings. The van der Waals surface area contributed by atoms with E-state index in [9.17, 15) is 4.79 Å². The first kappa shape index (κ1) is 14.6. The first-order valence-electron chi connectivity index (χ1n) is 6.59. The summed E-state index contributed by atoms with van der Waals surface area (Å²) in [6.07, 6.45) is 0. The van der Waals surface area contributed by atoms with Gasteiger partial charge in [-0.25, -0.2) is 0 Å². The SMILES string of the molecule is Cc1cccc(C)c1OCC(=O)Nc1cccc(C#N)c1. The van der Waals surface area contributed by atoms with Gasteiger partial charge in [-0.2, -0.15) is 5.26 Å². The molecule has 0 bridgehead atoms. The number of nitrogens with one attached hydrogen (secondary N) is 1. The molecule has 0 unspecified atom stereocenters. The van der Waals surface area contributed by atoms with Crippen LogP contribution in [0.4, 0.5) is 5.69 Å². The van der Waals surface area contributed by atoms with E-state index >= 15 is 0 Å². The normalized spacial score (nSPS) is 9.76. The van der Waals surface area contributed by atoms with Crippen molar-refractivity contribution in [3.8, 4) is 11.8 Å². The highest BCUT2D eigenvalue weighted by atomic mass is 16.5. The second-order valence-corrected chi connectivity index (χ2v) is 4.75. The number of anilines is 1. The Hall–Kier alpha value is -2.80. The molecule has 0 aliphatic rings. The lowest BCUT2D eigenvalue weighted by Crippen LogP contribution is -2.20. The molecular formula is C17H16N2O2. The lowest BCUT2D eigenvalue weighted by Gasteiger charge is -2.12. The molecule has 0 aliphatic carbocycles. The molecule has 0 fully saturated rings. The van der Waals surface area contributed by atoms with Crippen molar-refractivity contribution in [1.29, 1.82) is 5.26 Å². The van der Waals surface area contributed by atoms with E-state index in [1.54, 1.807) is 24.3 Å². The average molecular weight is 280 g/mol. The summed E-state index contributed by atoms with van der Waals surface area (Å²) >= 11 is 0. The van der Waals surface area contributed by atoms with Crippen LogP contribution in [0.5, 0.6) is 5.75 Å². The van der Waals surface area contributed by atoms with Gasteiger partial charge in [0.05, 0.1) is 11.6 Å². The summed E-state index contributed by atoms with van der Waals surface area (Å²) in [4.78, 5) is 11.9. The van der Waals surface area contributed by atoms with Gasteiger partial charge >= 0.3 is 0 Å². The van der Waals surface area contributed by atoms with E-state index in [0.717, 1.165) is 16.9 Å². The maximum Gasteiger partial charge on any atom is 0.262 e. The molecular weight excluding hydrogens is 264 g/mol. The van der Waals surface area contributed by atoms with Gasteiger partial charge in [-0.3, -0.25) is 4.79 Å². The minimum atomic E-state index is -0.257. The molecule has 2 rings (SSSR count). The summed E-state index contributed by atoms with van der Waals surface area (Å²) in [6.45, 7) is 3.82. The molecule has 0 heterocycles. The van der Waals surface area contributed by atoms with Gasteiger partial charge in [0.2, 0.25) is 0 Å². The summed E-state index contributed by atoms with van der Waals surface area (Å²) in [7, 11) is 0. The van der Waals surface area contributed by atoms with Crippen LogP contribution in [0.2, 0.25) is 0 Å². The van der Waals surface area contributed by atoms with Crippen molar-refractivity contribution in [2.24, 2.45) is 0 Å². The number of hydrogen-bond acceptors (Lipinski definition) is 3. The Labute approximate surface area is 124 Å². The van der Waals surface area contributed by atoms with E-state index in [4.69, 9.17) is 10.00 Å². The van der Waals surface area contributed by atoms with Crippen LogP contribution >= 0.6 is 0 Å². The minimum absolute atomic E-state index is 0.0670. The highest BCUT2D eigenvalue weighted by Crippen LogP contribution is 2.22. The molecule has 0 saturated carbocycles. The molecule has 0 atom stereocenters. The zero-order valence-corrected chi connectivity index (χ0v) is 12.0. The van der Waals surface area contributed by atoms with Crippen molar-refractivity contribution >= 4 is 11.6 Å². The maximum absolute atomic E-state index is 11.9. The molecule has 4 heteroatoms. The summed E-state index contributed by atoms with van der Waals surface area (Å²) in [6, 6.07) is 14.6. The third-order valence-electron chi connectivity index (χ3n) is 3.03. The molecule has 0 saturated heterocycles. The third kappa shape index (κ3) is 3.83. The number of para-hydroxylation sites is 1. The van der Waals surface area contributed by atoms with Crippen molar-refractivity contribution in [3.63, 3.8) is 0 Å². The number of carbonyl (C=O) groups is 1. The van der Waals surface area contributed by atoms with Crippen LogP contribution in [0, 0.1) is 25.2 Å². The first-order valence-corrected chi connectivity index (χ1v) is 6.59. The lowest BCUT2D eigenvalue weighted by molar-refractivity contribution is -0.118. The number of nitrogens with zero attached hydrogens (tertiary/aromatic N) is 1. The van der Waals surface area contributed by atoms with E-state index < -0.39 is 0 Å². The number of carbonyl (C=O) groups excluding carboxylic acids is 1. The highest BCUT2D eigenvalue weighted by Gasteiger charge is 2.07. The number of aryl methyl sites for hydroxylation is 2. The van der Waals surface area contributed by atoms with E-state index in [2.05, 4.69) is 5.32 Å². The average Bonchev–Trinajstić information content (AvgIpc) is 2.47. The van der Waals surface area contributed by atoms with Crippen molar-refractivity contribution < 1.29 is 9.53 Å². The maximum atomic E-state index is 11.9. The second-order valence-electron chi connectivity index (χ2n) is 4.75. The second kappa shape index (κ2) is 6.58. The van der Waals surface area contributed by atoms with Crippen LogP contribution in [0.1, 0.15) is 16.7 Å². The third-order valence-corrected chi connectivity index (χ3v) is 3.03. The molecule has 21 heavy (non-hydrogen) atoms. The first-order chi connectivity index (χ1) is 10.1. The Bertz CT molecular complexity index is 682. The highest BCUT2D eigenvalue weighted by molar-refractivity contribution is 5.92. The Morgan fingerprint density at radius 1 is 1.19 bits per heavy atom. The van der Waals surface area contributed by atoms with Gasteiger partial charge in [-0.15, -0.1) is 0 Å². The van der Waals surface area contributed by atoms with E-state index in [-0.39, 0.29) is 12.5 Å². The van der Waals surface area contributed by atoms with Crippen LogP contribution in [0.3, 0.4) is 0 Å². The molecule has 1 amide bonds. The van der Waals surface area contributed by atoms with Crippen molar-refractivity contribution in [2.45, 2.75) is 13.8 Å². The van der Waals surface area contributed by atoms with E-state index in [1.807, 2.05) is 38.1 Å². The summed E-state index contributed by atoms with van der Waals surface area (Å²) < 4.78 is 5.58. The van der Waals surface area contributed by atoms with Crippen LogP contribution < -0.4 is 10.1 Å². The van der Waals surface area contributed by atoms with Crippen molar-refractivity contribution in [1.82, 2.24) is 0 Å². The minimum Gasteiger partial charge on any atom is -0.483 e. The molecule has 2 aromatic carbocycles. The summed E-state index contributed by atoms with van der Waals surface area (Å²) in [5.41, 5.74) is 3.08. The molecule has 1 N–H and O–H groups in total. The summed E-state index contributed by atoms with van der Waals surface area (Å²) in [5, 5.41) is 11.5. The van der Waals surface area contributed by atoms with Crippen LogP contribution in [-0.2, 0) is 4.79 Å².